The Hall–Kier alpha value is -4.38. The number of nitrogens with one attached hydrogen (secondary N) is 1. The summed E-state index contributed by atoms with van der Waals surface area (Å²) in [5.74, 6) is -1.73. The average molecular weight is 445 g/mol. The Balaban J connectivity index is 1.68. The molecule has 33 heavy (non-hydrogen) atoms. The van der Waals surface area contributed by atoms with Crippen molar-refractivity contribution in [3.8, 4) is 6.07 Å². The summed E-state index contributed by atoms with van der Waals surface area (Å²) in [6.07, 6.45) is 1.67. The van der Waals surface area contributed by atoms with Crippen molar-refractivity contribution < 1.29 is 23.5 Å². The van der Waals surface area contributed by atoms with E-state index in [0.29, 0.717) is 5.69 Å². The summed E-state index contributed by atoms with van der Waals surface area (Å²) >= 11 is 0. The fourth-order valence-corrected chi connectivity index (χ4v) is 3.16. The summed E-state index contributed by atoms with van der Waals surface area (Å²) in [4.78, 5) is 39.5. The number of rotatable bonds is 10. The van der Waals surface area contributed by atoms with Crippen molar-refractivity contribution in [2.45, 2.75) is 18.9 Å². The number of hydrogen-bond acceptors (Lipinski definition) is 6. The Bertz CT molecular complexity index is 1090. The number of carbonyl (C=O) groups excluding carboxylic acids is 3. The number of carbonyl (C=O) groups is 3. The van der Waals surface area contributed by atoms with Crippen LogP contribution in [-0.2, 0) is 20.7 Å². The Kier molecular flexibility index (Phi) is 8.37. The molecule has 3 aromatic rings. The minimum atomic E-state index is -1.03. The molecule has 0 spiro atoms. The van der Waals surface area contributed by atoms with Crippen molar-refractivity contribution >= 4 is 23.5 Å². The molecule has 1 N–H and O–H groups in total. The van der Waals surface area contributed by atoms with Gasteiger partial charge in [0.2, 0.25) is 0 Å². The minimum Gasteiger partial charge on any atom is -0.459 e. The quantitative estimate of drug-likeness (QED) is 0.480. The molecule has 8 nitrogen and oxygen atoms in total. The van der Waals surface area contributed by atoms with E-state index in [1.54, 1.807) is 30.3 Å². The molecule has 1 aromatic heterocycles. The average Bonchev–Trinajstić information content (AvgIpc) is 3.39. The lowest BCUT2D eigenvalue weighted by Crippen LogP contribution is -2.44. The van der Waals surface area contributed by atoms with E-state index in [2.05, 4.69) is 5.32 Å². The summed E-state index contributed by atoms with van der Waals surface area (Å²) in [6.45, 7) is -0.360. The van der Waals surface area contributed by atoms with Crippen LogP contribution in [0.15, 0.2) is 83.5 Å². The molecule has 2 amide bonds. The monoisotopic (exact) mass is 445 g/mol. The van der Waals surface area contributed by atoms with Crippen LogP contribution in [0.5, 0.6) is 0 Å². The third kappa shape index (κ3) is 6.80. The molecular formula is C25H23N3O5. The van der Waals surface area contributed by atoms with Gasteiger partial charge in [0.25, 0.3) is 11.8 Å². The van der Waals surface area contributed by atoms with Gasteiger partial charge in [-0.1, -0.05) is 48.5 Å². The van der Waals surface area contributed by atoms with E-state index in [0.717, 1.165) is 5.56 Å². The summed E-state index contributed by atoms with van der Waals surface area (Å²) < 4.78 is 10.4. The number of anilines is 1. The van der Waals surface area contributed by atoms with E-state index in [1.165, 1.54) is 17.2 Å². The number of nitrogens with zero attached hydrogens (tertiary/aromatic N) is 2. The Labute approximate surface area is 191 Å². The van der Waals surface area contributed by atoms with Gasteiger partial charge >= 0.3 is 5.97 Å². The maximum Gasteiger partial charge on any atom is 0.329 e. The van der Waals surface area contributed by atoms with Crippen molar-refractivity contribution in [1.29, 1.82) is 5.26 Å². The largest absolute Gasteiger partial charge is 0.459 e. The predicted octanol–water partition coefficient (Wildman–Crippen LogP) is 3.11. The number of nitriles is 1. The Morgan fingerprint density at radius 2 is 1.70 bits per heavy atom. The molecule has 1 heterocycles. The second kappa shape index (κ2) is 11.9. The van der Waals surface area contributed by atoms with Crippen LogP contribution >= 0.6 is 0 Å². The maximum absolute atomic E-state index is 12.8. The Morgan fingerprint density at radius 3 is 2.33 bits per heavy atom. The summed E-state index contributed by atoms with van der Waals surface area (Å²) in [7, 11) is 0. The van der Waals surface area contributed by atoms with E-state index >= 15 is 0 Å². The van der Waals surface area contributed by atoms with Gasteiger partial charge in [-0.15, -0.1) is 0 Å². The third-order valence-corrected chi connectivity index (χ3v) is 4.77. The lowest BCUT2D eigenvalue weighted by molar-refractivity contribution is -0.149. The molecule has 0 saturated carbocycles. The van der Waals surface area contributed by atoms with Crippen LogP contribution in [0.3, 0.4) is 0 Å². The number of amides is 2. The molecule has 3 rings (SSSR count). The number of furan rings is 1. The van der Waals surface area contributed by atoms with Crippen molar-refractivity contribution in [2.24, 2.45) is 0 Å². The molecule has 8 heteroatoms. The van der Waals surface area contributed by atoms with Gasteiger partial charge in [0.15, 0.2) is 12.4 Å². The summed E-state index contributed by atoms with van der Waals surface area (Å²) in [5.41, 5.74) is 1.41. The van der Waals surface area contributed by atoms with Crippen molar-refractivity contribution in [1.82, 2.24) is 5.32 Å². The lowest BCUT2D eigenvalue weighted by atomic mass is 10.1. The highest BCUT2D eigenvalue weighted by Crippen LogP contribution is 2.14. The van der Waals surface area contributed by atoms with Crippen LogP contribution in [0, 0.1) is 11.3 Å². The van der Waals surface area contributed by atoms with Crippen LogP contribution in [0.25, 0.3) is 0 Å². The van der Waals surface area contributed by atoms with Crippen LogP contribution < -0.4 is 10.2 Å². The van der Waals surface area contributed by atoms with Crippen molar-refractivity contribution in [2.75, 3.05) is 18.1 Å². The number of benzene rings is 2. The van der Waals surface area contributed by atoms with Crippen molar-refractivity contribution in [3.63, 3.8) is 0 Å². The Morgan fingerprint density at radius 1 is 1.00 bits per heavy atom. The molecule has 0 bridgehead atoms. The van der Waals surface area contributed by atoms with Gasteiger partial charge in [-0.25, -0.2) is 4.79 Å². The predicted molar refractivity (Wildman–Crippen MR) is 120 cm³/mol. The molecule has 0 saturated heterocycles. The van der Waals surface area contributed by atoms with Gasteiger partial charge in [-0.3, -0.25) is 9.59 Å². The molecule has 0 aliphatic heterocycles. The van der Waals surface area contributed by atoms with E-state index in [-0.39, 0.29) is 25.1 Å². The van der Waals surface area contributed by atoms with Gasteiger partial charge in [0.1, 0.15) is 6.04 Å². The van der Waals surface area contributed by atoms with Crippen LogP contribution in [0.1, 0.15) is 22.5 Å². The zero-order valence-corrected chi connectivity index (χ0v) is 17.8. The molecule has 1 atom stereocenters. The number of hydrogen-bond donors (Lipinski definition) is 1. The number of para-hydroxylation sites is 1. The van der Waals surface area contributed by atoms with Gasteiger partial charge in [0.05, 0.1) is 18.8 Å². The normalized spacial score (nSPS) is 11.1. The van der Waals surface area contributed by atoms with Gasteiger partial charge in [-0.05, 0) is 29.8 Å². The second-order valence-corrected chi connectivity index (χ2v) is 7.09. The molecule has 0 aliphatic carbocycles. The topological polar surface area (TPSA) is 113 Å². The smallest absolute Gasteiger partial charge is 0.329 e. The molecular weight excluding hydrogens is 422 g/mol. The maximum atomic E-state index is 12.8. The molecule has 0 fully saturated rings. The van der Waals surface area contributed by atoms with E-state index < -0.39 is 30.4 Å². The molecule has 2 aromatic carbocycles. The molecule has 0 unspecified atom stereocenters. The highest BCUT2D eigenvalue weighted by Gasteiger charge is 2.26. The molecule has 0 radical (unpaired) electrons. The highest BCUT2D eigenvalue weighted by atomic mass is 16.5. The first-order chi connectivity index (χ1) is 16.1. The zero-order valence-electron chi connectivity index (χ0n) is 17.8. The minimum absolute atomic E-state index is 0.0590. The molecule has 0 aliphatic rings. The number of ether oxygens (including phenoxy) is 1. The zero-order chi connectivity index (χ0) is 23.5. The van der Waals surface area contributed by atoms with Crippen LogP contribution in [0.2, 0.25) is 0 Å². The fourth-order valence-electron chi connectivity index (χ4n) is 3.16. The first-order valence-corrected chi connectivity index (χ1v) is 10.4. The van der Waals surface area contributed by atoms with E-state index in [1.807, 2.05) is 42.5 Å². The summed E-state index contributed by atoms with van der Waals surface area (Å²) in [6, 6.07) is 22.0. The standard InChI is InChI=1S/C25H23N3O5/c26-14-8-15-28(20-11-5-2-6-12-20)23(29)18-33-25(31)21(17-19-9-3-1-4-10-19)27-24(30)22-13-7-16-32-22/h1-7,9-13,16,21H,8,15,17-18H2,(H,27,30)/t21-/m0/s1. The summed E-state index contributed by atoms with van der Waals surface area (Å²) in [5, 5.41) is 11.5. The first-order valence-electron chi connectivity index (χ1n) is 10.4. The first kappa shape index (κ1) is 23.3. The van der Waals surface area contributed by atoms with E-state index in [9.17, 15) is 14.4 Å². The second-order valence-electron chi connectivity index (χ2n) is 7.09. The van der Waals surface area contributed by atoms with Gasteiger partial charge in [-0.2, -0.15) is 5.26 Å². The number of esters is 1. The third-order valence-electron chi connectivity index (χ3n) is 4.77. The van der Waals surface area contributed by atoms with E-state index in [4.69, 9.17) is 14.4 Å². The fraction of sp³-hybridized carbons (Fsp3) is 0.200. The van der Waals surface area contributed by atoms with Crippen LogP contribution in [0.4, 0.5) is 5.69 Å². The van der Waals surface area contributed by atoms with Gasteiger partial charge in [0, 0.05) is 18.7 Å². The SMILES string of the molecule is N#CCCN(C(=O)COC(=O)[C@H](Cc1ccccc1)NC(=O)c1ccco1)c1ccccc1. The van der Waals surface area contributed by atoms with Crippen molar-refractivity contribution in [3.05, 3.63) is 90.4 Å². The van der Waals surface area contributed by atoms with Gasteiger partial charge < -0.3 is 19.4 Å². The molecule has 168 valence electrons. The lowest BCUT2D eigenvalue weighted by Gasteiger charge is -2.22. The highest BCUT2D eigenvalue weighted by molar-refractivity contribution is 5.97. The van der Waals surface area contributed by atoms with Crippen LogP contribution in [-0.4, -0.2) is 37.0 Å².